The number of aromatic nitrogens is 1. The Hall–Kier alpha value is -2.71. The first-order chi connectivity index (χ1) is 11.9. The van der Waals surface area contributed by atoms with E-state index in [0.717, 1.165) is 27.5 Å². The molecule has 0 fully saturated rings. The van der Waals surface area contributed by atoms with Crippen molar-refractivity contribution in [2.24, 2.45) is 0 Å². The second kappa shape index (κ2) is 6.66. The lowest BCUT2D eigenvalue weighted by Gasteiger charge is -2.23. The van der Waals surface area contributed by atoms with Crippen molar-refractivity contribution in [2.75, 3.05) is 10.6 Å². The van der Waals surface area contributed by atoms with Crippen LogP contribution in [0.5, 0.6) is 0 Å². The summed E-state index contributed by atoms with van der Waals surface area (Å²) in [5, 5.41) is 9.38. The first-order valence-electron chi connectivity index (χ1n) is 7.21. The van der Waals surface area contributed by atoms with Crippen molar-refractivity contribution in [3.8, 4) is 11.1 Å². The molecule has 2 aromatic carbocycles. The number of hydrogen-bond donors (Lipinski definition) is 1. The van der Waals surface area contributed by atoms with Gasteiger partial charge in [0.25, 0.3) is 0 Å². The molecular formula is C17H14N2O4S2. The number of aromatic carboxylic acids is 1. The van der Waals surface area contributed by atoms with Gasteiger partial charge >= 0.3 is 5.97 Å². The number of carbonyl (C=O) groups is 1. The maximum atomic E-state index is 12.5. The standard InChI is InChI=1S/C17H14N2O4S2/c1-25(22,23)19(16-15(17(20)21)18-11-24-16)14-10-6-5-9-13(14)12-7-3-2-4-8-12/h2-11H,1H3,(H,20,21). The average Bonchev–Trinajstić information content (AvgIpc) is 3.04. The predicted molar refractivity (Wildman–Crippen MR) is 97.9 cm³/mol. The molecule has 25 heavy (non-hydrogen) atoms. The Labute approximate surface area is 149 Å². The van der Waals surface area contributed by atoms with E-state index in [9.17, 15) is 18.3 Å². The molecule has 6 nitrogen and oxygen atoms in total. The molecule has 3 aromatic rings. The Bertz CT molecular complexity index is 1010. The Balaban J connectivity index is 2.27. The van der Waals surface area contributed by atoms with Crippen molar-refractivity contribution in [3.63, 3.8) is 0 Å². The predicted octanol–water partition coefficient (Wildman–Crippen LogP) is 3.61. The Morgan fingerprint density at radius 3 is 2.36 bits per heavy atom. The van der Waals surface area contributed by atoms with E-state index in [1.165, 1.54) is 5.51 Å². The van der Waals surface area contributed by atoms with E-state index >= 15 is 0 Å². The molecule has 3 rings (SSSR count). The molecule has 0 aliphatic carbocycles. The summed E-state index contributed by atoms with van der Waals surface area (Å²) in [5.41, 5.74) is 2.91. The number of anilines is 2. The highest BCUT2D eigenvalue weighted by Crippen LogP contribution is 2.40. The summed E-state index contributed by atoms with van der Waals surface area (Å²) in [6.07, 6.45) is 1.04. The smallest absolute Gasteiger partial charge is 0.357 e. The number of carboxylic acids is 1. The van der Waals surface area contributed by atoms with Crippen LogP contribution < -0.4 is 4.31 Å². The van der Waals surface area contributed by atoms with Gasteiger partial charge in [0.05, 0.1) is 17.5 Å². The minimum absolute atomic E-state index is 0.0541. The third-order valence-corrected chi connectivity index (χ3v) is 5.44. The summed E-state index contributed by atoms with van der Waals surface area (Å²) < 4.78 is 26.0. The second-order valence-corrected chi connectivity index (χ2v) is 7.89. The van der Waals surface area contributed by atoms with Crippen molar-refractivity contribution in [3.05, 3.63) is 65.8 Å². The Kier molecular flexibility index (Phi) is 4.56. The maximum Gasteiger partial charge on any atom is 0.357 e. The summed E-state index contributed by atoms with van der Waals surface area (Å²) in [5.74, 6) is -1.28. The highest BCUT2D eigenvalue weighted by atomic mass is 32.2. The van der Waals surface area contributed by atoms with E-state index in [1.807, 2.05) is 30.3 Å². The Morgan fingerprint density at radius 2 is 1.72 bits per heavy atom. The van der Waals surface area contributed by atoms with Gasteiger partial charge in [0, 0.05) is 5.56 Å². The molecular weight excluding hydrogens is 360 g/mol. The molecule has 0 spiro atoms. The van der Waals surface area contributed by atoms with Gasteiger partial charge in [0.15, 0.2) is 5.69 Å². The number of para-hydroxylation sites is 1. The number of hydrogen-bond acceptors (Lipinski definition) is 5. The van der Waals surface area contributed by atoms with E-state index in [-0.39, 0.29) is 10.7 Å². The van der Waals surface area contributed by atoms with E-state index in [4.69, 9.17) is 0 Å². The number of rotatable bonds is 5. The van der Waals surface area contributed by atoms with Crippen molar-refractivity contribution >= 4 is 38.0 Å². The van der Waals surface area contributed by atoms with Crippen molar-refractivity contribution in [1.82, 2.24) is 4.98 Å². The van der Waals surface area contributed by atoms with Crippen LogP contribution in [0.25, 0.3) is 11.1 Å². The molecule has 0 bridgehead atoms. The van der Waals surface area contributed by atoms with Crippen LogP contribution in [0.4, 0.5) is 10.7 Å². The van der Waals surface area contributed by atoms with Crippen LogP contribution >= 0.6 is 11.3 Å². The van der Waals surface area contributed by atoms with Gasteiger partial charge < -0.3 is 5.11 Å². The molecule has 0 radical (unpaired) electrons. The summed E-state index contributed by atoms with van der Waals surface area (Å²) in [6, 6.07) is 16.3. The number of benzene rings is 2. The van der Waals surface area contributed by atoms with Crippen molar-refractivity contribution in [1.29, 1.82) is 0 Å². The van der Waals surface area contributed by atoms with E-state index in [0.29, 0.717) is 11.3 Å². The normalized spacial score (nSPS) is 11.2. The topological polar surface area (TPSA) is 87.6 Å². The lowest BCUT2D eigenvalue weighted by Crippen LogP contribution is -2.26. The minimum atomic E-state index is -3.79. The summed E-state index contributed by atoms with van der Waals surface area (Å²) in [6.45, 7) is 0. The van der Waals surface area contributed by atoms with Crippen LogP contribution in [0.3, 0.4) is 0 Å². The van der Waals surface area contributed by atoms with E-state index in [1.54, 1.807) is 24.3 Å². The zero-order valence-corrected chi connectivity index (χ0v) is 14.8. The summed E-state index contributed by atoms with van der Waals surface area (Å²) in [7, 11) is -3.79. The summed E-state index contributed by atoms with van der Waals surface area (Å²) >= 11 is 0.966. The van der Waals surface area contributed by atoms with Gasteiger partial charge in [-0.3, -0.25) is 0 Å². The van der Waals surface area contributed by atoms with Crippen LogP contribution in [-0.4, -0.2) is 30.7 Å². The maximum absolute atomic E-state index is 12.5. The van der Waals surface area contributed by atoms with E-state index < -0.39 is 16.0 Å². The Morgan fingerprint density at radius 1 is 1.08 bits per heavy atom. The van der Waals surface area contributed by atoms with Crippen LogP contribution in [0.1, 0.15) is 10.5 Å². The summed E-state index contributed by atoms with van der Waals surface area (Å²) in [4.78, 5) is 15.2. The van der Waals surface area contributed by atoms with Crippen LogP contribution in [0.15, 0.2) is 60.1 Å². The monoisotopic (exact) mass is 374 g/mol. The molecule has 0 unspecified atom stereocenters. The molecule has 0 atom stereocenters. The first-order valence-corrected chi connectivity index (χ1v) is 9.94. The van der Waals surface area contributed by atoms with Gasteiger partial charge in [-0.15, -0.1) is 11.3 Å². The lowest BCUT2D eigenvalue weighted by atomic mass is 10.0. The fraction of sp³-hybridized carbons (Fsp3) is 0.0588. The fourth-order valence-corrected chi connectivity index (χ4v) is 4.63. The van der Waals surface area contributed by atoms with Gasteiger partial charge in [-0.25, -0.2) is 22.5 Å². The fourth-order valence-electron chi connectivity index (χ4n) is 2.48. The van der Waals surface area contributed by atoms with E-state index in [2.05, 4.69) is 4.98 Å². The van der Waals surface area contributed by atoms with Crippen LogP contribution in [0, 0.1) is 0 Å². The highest BCUT2D eigenvalue weighted by Gasteiger charge is 2.29. The number of sulfonamides is 1. The number of thiazole rings is 1. The lowest BCUT2D eigenvalue weighted by molar-refractivity contribution is 0.0692. The largest absolute Gasteiger partial charge is 0.476 e. The second-order valence-electron chi connectivity index (χ2n) is 5.22. The third-order valence-electron chi connectivity index (χ3n) is 3.48. The van der Waals surface area contributed by atoms with Gasteiger partial charge in [-0.1, -0.05) is 48.5 Å². The molecule has 0 aliphatic rings. The average molecular weight is 374 g/mol. The SMILES string of the molecule is CS(=O)(=O)N(c1ccccc1-c1ccccc1)c1scnc1C(=O)O. The molecule has 0 amide bonds. The third kappa shape index (κ3) is 3.40. The molecule has 1 aromatic heterocycles. The van der Waals surface area contributed by atoms with Crippen LogP contribution in [-0.2, 0) is 10.0 Å². The molecule has 1 N–H and O–H groups in total. The number of nitrogens with zero attached hydrogens (tertiary/aromatic N) is 2. The minimum Gasteiger partial charge on any atom is -0.476 e. The zero-order chi connectivity index (χ0) is 18.0. The van der Waals surface area contributed by atoms with Gasteiger partial charge in [0.2, 0.25) is 10.0 Å². The zero-order valence-electron chi connectivity index (χ0n) is 13.2. The van der Waals surface area contributed by atoms with Crippen molar-refractivity contribution < 1.29 is 18.3 Å². The molecule has 0 saturated heterocycles. The molecule has 0 saturated carbocycles. The highest BCUT2D eigenvalue weighted by molar-refractivity contribution is 7.92. The number of carboxylic acid groups (broad SMARTS) is 1. The quantitative estimate of drug-likeness (QED) is 0.737. The van der Waals surface area contributed by atoms with Gasteiger partial charge in [-0.05, 0) is 11.6 Å². The molecule has 128 valence electrons. The van der Waals surface area contributed by atoms with Crippen molar-refractivity contribution in [2.45, 2.75) is 0 Å². The molecule has 8 heteroatoms. The van der Waals surface area contributed by atoms with Gasteiger partial charge in [-0.2, -0.15) is 0 Å². The molecule has 0 aliphatic heterocycles. The van der Waals surface area contributed by atoms with Gasteiger partial charge in [0.1, 0.15) is 5.00 Å². The molecule has 1 heterocycles. The van der Waals surface area contributed by atoms with Crippen LogP contribution in [0.2, 0.25) is 0 Å². The first kappa shape index (κ1) is 17.1.